The third-order valence-electron chi connectivity index (χ3n) is 4.19. The van der Waals surface area contributed by atoms with Crippen molar-refractivity contribution in [3.63, 3.8) is 0 Å². The molecule has 0 radical (unpaired) electrons. The fourth-order valence-corrected chi connectivity index (χ4v) is 2.94. The zero-order chi connectivity index (χ0) is 23.1. The van der Waals surface area contributed by atoms with Gasteiger partial charge in [0.05, 0.1) is 17.1 Å². The highest BCUT2D eigenvalue weighted by molar-refractivity contribution is 5.91. The predicted molar refractivity (Wildman–Crippen MR) is 103 cm³/mol. The van der Waals surface area contributed by atoms with E-state index in [1.807, 2.05) is 0 Å². The number of carbonyl (C=O) groups excluding carboxylic acids is 4. The van der Waals surface area contributed by atoms with Crippen molar-refractivity contribution in [2.24, 2.45) is 0 Å². The molecule has 2 rings (SSSR count). The summed E-state index contributed by atoms with van der Waals surface area (Å²) in [7, 11) is 0. The Morgan fingerprint density at radius 2 is 1.61 bits per heavy atom. The molecule has 0 spiro atoms. The van der Waals surface area contributed by atoms with Crippen LogP contribution in [-0.4, -0.2) is 53.7 Å². The maximum atomic E-state index is 12.6. The minimum atomic E-state index is -1.21. The lowest BCUT2D eigenvalue weighted by atomic mass is 9.91. The molecule has 0 amide bonds. The van der Waals surface area contributed by atoms with Gasteiger partial charge in [0.25, 0.3) is 5.69 Å². The molecule has 0 bridgehead atoms. The smallest absolute Gasteiger partial charge is 0.338 e. The lowest BCUT2D eigenvalue weighted by Crippen LogP contribution is -2.48. The molecule has 0 fully saturated rings. The summed E-state index contributed by atoms with van der Waals surface area (Å²) < 4.78 is 20.8. The highest BCUT2D eigenvalue weighted by atomic mass is 16.6. The number of nitrogens with zero attached hydrogens (tertiary/aromatic N) is 1. The lowest BCUT2D eigenvalue weighted by Gasteiger charge is -2.34. The Morgan fingerprint density at radius 3 is 2.13 bits per heavy atom. The summed E-state index contributed by atoms with van der Waals surface area (Å²) >= 11 is 0. The molecule has 0 aromatic heterocycles. The molecule has 0 saturated carbocycles. The second kappa shape index (κ2) is 10.3. The molecule has 31 heavy (non-hydrogen) atoms. The van der Waals surface area contributed by atoms with Gasteiger partial charge in [0, 0.05) is 38.0 Å². The van der Waals surface area contributed by atoms with E-state index in [1.54, 1.807) is 6.92 Å². The van der Waals surface area contributed by atoms with Gasteiger partial charge < -0.3 is 18.9 Å². The van der Waals surface area contributed by atoms with Crippen LogP contribution < -0.4 is 0 Å². The number of nitro groups is 1. The van der Waals surface area contributed by atoms with Crippen LogP contribution in [0.4, 0.5) is 5.69 Å². The molecule has 0 unspecified atom stereocenters. The highest BCUT2D eigenvalue weighted by Gasteiger charge is 2.42. The first-order valence-corrected chi connectivity index (χ1v) is 9.30. The molecule has 0 aliphatic heterocycles. The summed E-state index contributed by atoms with van der Waals surface area (Å²) in [5, 5.41) is 10.8. The molecule has 1 aromatic carbocycles. The van der Waals surface area contributed by atoms with Gasteiger partial charge in [0.1, 0.15) is 6.10 Å². The monoisotopic (exact) mass is 435 g/mol. The zero-order valence-electron chi connectivity index (χ0n) is 17.1. The van der Waals surface area contributed by atoms with Crippen molar-refractivity contribution in [2.75, 3.05) is 6.61 Å². The summed E-state index contributed by atoms with van der Waals surface area (Å²) in [5.41, 5.74) is -0.129. The number of nitro benzene ring substituents is 1. The summed E-state index contributed by atoms with van der Waals surface area (Å²) in [4.78, 5) is 58.0. The van der Waals surface area contributed by atoms with Crippen LogP contribution in [0.1, 0.15) is 37.6 Å². The molecule has 0 N–H and O–H groups in total. The number of rotatable bonds is 7. The van der Waals surface area contributed by atoms with Crippen molar-refractivity contribution in [3.8, 4) is 0 Å². The van der Waals surface area contributed by atoms with Gasteiger partial charge in [-0.15, -0.1) is 0 Å². The SMILES string of the molecule is CCOC(=O)C1=C[C@@H](OC(C)=O)[C@@H](OC(C)=O)[C@@H](OC(=O)c2ccc([N+](=O)[O-])cc2)C1. The van der Waals surface area contributed by atoms with E-state index in [1.165, 1.54) is 18.2 Å². The zero-order valence-corrected chi connectivity index (χ0v) is 17.1. The van der Waals surface area contributed by atoms with Crippen LogP contribution in [0, 0.1) is 10.1 Å². The number of ether oxygens (including phenoxy) is 4. The normalized spacial score (nSPS) is 20.1. The molecule has 1 aromatic rings. The van der Waals surface area contributed by atoms with Crippen LogP contribution in [0.25, 0.3) is 0 Å². The molecule has 3 atom stereocenters. The highest BCUT2D eigenvalue weighted by Crippen LogP contribution is 2.28. The summed E-state index contributed by atoms with van der Waals surface area (Å²) in [6, 6.07) is 4.67. The molecule has 0 heterocycles. The second-order valence-corrected chi connectivity index (χ2v) is 6.51. The van der Waals surface area contributed by atoms with E-state index in [0.717, 1.165) is 26.0 Å². The number of hydrogen-bond donors (Lipinski definition) is 0. The van der Waals surface area contributed by atoms with E-state index in [0.29, 0.717) is 0 Å². The Hall–Kier alpha value is -3.76. The van der Waals surface area contributed by atoms with Gasteiger partial charge in [-0.1, -0.05) is 0 Å². The van der Waals surface area contributed by atoms with Crippen molar-refractivity contribution in [2.45, 2.75) is 45.5 Å². The Morgan fingerprint density at radius 1 is 1.00 bits per heavy atom. The Balaban J connectivity index is 2.33. The largest absolute Gasteiger partial charge is 0.463 e. The van der Waals surface area contributed by atoms with Gasteiger partial charge >= 0.3 is 23.9 Å². The van der Waals surface area contributed by atoms with Gasteiger partial charge in [0.15, 0.2) is 12.2 Å². The quantitative estimate of drug-likeness (QED) is 0.269. The molecule has 166 valence electrons. The average molecular weight is 435 g/mol. The van der Waals surface area contributed by atoms with E-state index in [4.69, 9.17) is 18.9 Å². The first-order chi connectivity index (χ1) is 14.6. The number of benzene rings is 1. The minimum absolute atomic E-state index is 0.00319. The summed E-state index contributed by atoms with van der Waals surface area (Å²) in [6.07, 6.45) is -2.44. The number of hydrogen-bond acceptors (Lipinski definition) is 10. The van der Waals surface area contributed by atoms with Crippen molar-refractivity contribution < 1.29 is 43.0 Å². The van der Waals surface area contributed by atoms with Crippen LogP contribution in [0.2, 0.25) is 0 Å². The average Bonchev–Trinajstić information content (AvgIpc) is 2.69. The number of carbonyl (C=O) groups is 4. The first kappa shape index (κ1) is 23.5. The van der Waals surface area contributed by atoms with Gasteiger partial charge in [-0.05, 0) is 25.1 Å². The van der Waals surface area contributed by atoms with E-state index >= 15 is 0 Å². The fraction of sp³-hybridized carbons (Fsp3) is 0.400. The first-order valence-electron chi connectivity index (χ1n) is 9.30. The van der Waals surface area contributed by atoms with Gasteiger partial charge in [-0.25, -0.2) is 9.59 Å². The van der Waals surface area contributed by atoms with Crippen molar-refractivity contribution >= 4 is 29.6 Å². The van der Waals surface area contributed by atoms with Crippen LogP contribution in [0.15, 0.2) is 35.9 Å². The van der Waals surface area contributed by atoms with Crippen molar-refractivity contribution in [3.05, 3.63) is 51.6 Å². The molecule has 1 aliphatic rings. The standard InChI is InChI=1S/C20H21NO10/c1-4-28-19(24)14-9-16(29-11(2)22)18(30-12(3)23)17(10-14)31-20(25)13-5-7-15(8-6-13)21(26)27/h5-9,16-18H,4,10H2,1-3H3/t16-,17+,18-/m1/s1. The van der Waals surface area contributed by atoms with Crippen LogP contribution >= 0.6 is 0 Å². The van der Waals surface area contributed by atoms with E-state index < -0.39 is 47.1 Å². The molecular weight excluding hydrogens is 414 g/mol. The van der Waals surface area contributed by atoms with Crippen LogP contribution in [0.3, 0.4) is 0 Å². The maximum Gasteiger partial charge on any atom is 0.338 e. The van der Waals surface area contributed by atoms with Crippen molar-refractivity contribution in [1.29, 1.82) is 0 Å². The minimum Gasteiger partial charge on any atom is -0.463 e. The van der Waals surface area contributed by atoms with Gasteiger partial charge in [-0.3, -0.25) is 19.7 Å². The third-order valence-corrected chi connectivity index (χ3v) is 4.19. The fourth-order valence-electron chi connectivity index (χ4n) is 2.94. The molecule has 0 saturated heterocycles. The molecule has 11 nitrogen and oxygen atoms in total. The van der Waals surface area contributed by atoms with Crippen molar-refractivity contribution in [1.82, 2.24) is 0 Å². The topological polar surface area (TPSA) is 148 Å². The van der Waals surface area contributed by atoms with E-state index in [2.05, 4.69) is 0 Å². The Bertz CT molecular complexity index is 905. The Kier molecular flexibility index (Phi) is 7.83. The molecule has 11 heteroatoms. The molecule has 1 aliphatic carbocycles. The van der Waals surface area contributed by atoms with Gasteiger partial charge in [0.2, 0.25) is 0 Å². The number of non-ortho nitro benzene ring substituents is 1. The Labute approximate surface area is 177 Å². The van der Waals surface area contributed by atoms with Gasteiger partial charge in [-0.2, -0.15) is 0 Å². The predicted octanol–water partition coefficient (Wildman–Crippen LogP) is 1.88. The maximum absolute atomic E-state index is 12.6. The van der Waals surface area contributed by atoms with Crippen LogP contribution in [0.5, 0.6) is 0 Å². The lowest BCUT2D eigenvalue weighted by molar-refractivity contribution is -0.384. The second-order valence-electron chi connectivity index (χ2n) is 6.51. The third kappa shape index (κ3) is 6.36. The van der Waals surface area contributed by atoms with E-state index in [-0.39, 0.29) is 29.9 Å². The van der Waals surface area contributed by atoms with E-state index in [9.17, 15) is 29.3 Å². The summed E-state index contributed by atoms with van der Waals surface area (Å²) in [5.74, 6) is -2.99. The molecular formula is C20H21NO10. The number of esters is 4. The van der Waals surface area contributed by atoms with Crippen LogP contribution in [-0.2, 0) is 33.3 Å². The summed E-state index contributed by atoms with van der Waals surface area (Å²) in [6.45, 7) is 3.97.